The van der Waals surface area contributed by atoms with Crippen molar-refractivity contribution in [1.82, 2.24) is 5.32 Å². The van der Waals surface area contributed by atoms with Crippen molar-refractivity contribution in [1.29, 1.82) is 0 Å². The molecule has 4 unspecified atom stereocenters. The SMILES string of the molecule is COCC(O)CNC1CCCC2CCCCC21. The standard InChI is InChI=1S/C14H27NO2/c1-17-10-12(16)9-15-14-8-4-6-11-5-2-3-7-13(11)14/h11-16H,2-10H2,1H3. The molecule has 0 spiro atoms. The van der Waals surface area contributed by atoms with E-state index in [1.165, 1.54) is 44.9 Å². The lowest BCUT2D eigenvalue weighted by Gasteiger charge is -2.42. The zero-order valence-electron chi connectivity index (χ0n) is 11.0. The minimum absolute atomic E-state index is 0.357. The van der Waals surface area contributed by atoms with Crippen LogP contribution >= 0.6 is 0 Å². The van der Waals surface area contributed by atoms with Crippen molar-refractivity contribution < 1.29 is 9.84 Å². The molecule has 2 aliphatic rings. The van der Waals surface area contributed by atoms with Crippen molar-refractivity contribution in [2.24, 2.45) is 11.8 Å². The molecule has 0 aromatic heterocycles. The van der Waals surface area contributed by atoms with Crippen LogP contribution in [0.15, 0.2) is 0 Å². The van der Waals surface area contributed by atoms with Gasteiger partial charge in [0.15, 0.2) is 0 Å². The average molecular weight is 241 g/mol. The molecule has 0 aliphatic heterocycles. The Hall–Kier alpha value is -0.120. The molecule has 2 aliphatic carbocycles. The second-order valence-corrected chi connectivity index (χ2v) is 5.76. The van der Waals surface area contributed by atoms with Crippen molar-refractivity contribution in [3.05, 3.63) is 0 Å². The van der Waals surface area contributed by atoms with Crippen molar-refractivity contribution >= 4 is 0 Å². The highest BCUT2D eigenvalue weighted by Gasteiger charge is 2.34. The van der Waals surface area contributed by atoms with Crippen LogP contribution in [0.2, 0.25) is 0 Å². The molecule has 2 fully saturated rings. The smallest absolute Gasteiger partial charge is 0.0897 e. The molecule has 0 aromatic rings. The minimum atomic E-state index is -0.357. The zero-order valence-corrected chi connectivity index (χ0v) is 11.0. The van der Waals surface area contributed by atoms with Crippen molar-refractivity contribution in [2.75, 3.05) is 20.3 Å². The van der Waals surface area contributed by atoms with E-state index in [2.05, 4.69) is 5.32 Å². The minimum Gasteiger partial charge on any atom is -0.389 e. The number of fused-ring (bicyclic) bond motifs is 1. The largest absolute Gasteiger partial charge is 0.389 e. The summed E-state index contributed by atoms with van der Waals surface area (Å²) < 4.78 is 4.96. The van der Waals surface area contributed by atoms with Crippen LogP contribution in [0, 0.1) is 11.8 Å². The van der Waals surface area contributed by atoms with Crippen LogP contribution in [0.25, 0.3) is 0 Å². The Bertz CT molecular complexity index is 220. The van der Waals surface area contributed by atoms with Gasteiger partial charge in [-0.25, -0.2) is 0 Å². The normalized spacial score (nSPS) is 35.3. The first-order valence-corrected chi connectivity index (χ1v) is 7.21. The number of methoxy groups -OCH3 is 1. The molecule has 0 bridgehead atoms. The van der Waals surface area contributed by atoms with Gasteiger partial charge in [-0.1, -0.05) is 32.1 Å². The first-order valence-electron chi connectivity index (χ1n) is 7.21. The van der Waals surface area contributed by atoms with Crippen LogP contribution in [0.5, 0.6) is 0 Å². The predicted molar refractivity (Wildman–Crippen MR) is 69.0 cm³/mol. The molecule has 2 rings (SSSR count). The quantitative estimate of drug-likeness (QED) is 0.773. The number of aliphatic hydroxyl groups excluding tert-OH is 1. The highest BCUT2D eigenvalue weighted by Crippen LogP contribution is 2.40. The first-order chi connectivity index (χ1) is 8.31. The number of hydrogen-bond acceptors (Lipinski definition) is 3. The lowest BCUT2D eigenvalue weighted by molar-refractivity contribution is 0.0532. The summed E-state index contributed by atoms with van der Waals surface area (Å²) in [5.74, 6) is 1.82. The maximum atomic E-state index is 9.69. The Balaban J connectivity index is 1.78. The van der Waals surface area contributed by atoms with Crippen LogP contribution in [0.4, 0.5) is 0 Å². The summed E-state index contributed by atoms with van der Waals surface area (Å²) in [4.78, 5) is 0. The number of rotatable bonds is 5. The van der Waals surface area contributed by atoms with Gasteiger partial charge in [0, 0.05) is 19.7 Å². The molecule has 2 saturated carbocycles. The van der Waals surface area contributed by atoms with Gasteiger partial charge in [0.25, 0.3) is 0 Å². The van der Waals surface area contributed by atoms with Gasteiger partial charge >= 0.3 is 0 Å². The second kappa shape index (κ2) is 6.72. The number of ether oxygens (including phenoxy) is 1. The van der Waals surface area contributed by atoms with E-state index in [9.17, 15) is 5.11 Å². The number of hydrogen-bond donors (Lipinski definition) is 2. The molecule has 0 radical (unpaired) electrons. The van der Waals surface area contributed by atoms with Gasteiger partial charge in [-0.15, -0.1) is 0 Å². The van der Waals surface area contributed by atoms with Gasteiger partial charge in [0.2, 0.25) is 0 Å². The predicted octanol–water partition coefficient (Wildman–Crippen LogP) is 1.94. The first kappa shape index (κ1) is 13.3. The van der Waals surface area contributed by atoms with E-state index < -0.39 is 0 Å². The molecule has 0 aromatic carbocycles. The van der Waals surface area contributed by atoms with Crippen LogP contribution in [0.1, 0.15) is 44.9 Å². The van der Waals surface area contributed by atoms with Gasteiger partial charge in [-0.3, -0.25) is 0 Å². The molecule has 3 heteroatoms. The molecule has 3 nitrogen and oxygen atoms in total. The van der Waals surface area contributed by atoms with Crippen molar-refractivity contribution in [3.8, 4) is 0 Å². The molecule has 4 atom stereocenters. The summed E-state index contributed by atoms with van der Waals surface area (Å²) in [6, 6.07) is 0.639. The second-order valence-electron chi connectivity index (χ2n) is 5.76. The van der Waals surface area contributed by atoms with Gasteiger partial charge in [0.05, 0.1) is 12.7 Å². The van der Waals surface area contributed by atoms with Crippen LogP contribution in [0.3, 0.4) is 0 Å². The van der Waals surface area contributed by atoms with E-state index in [0.29, 0.717) is 19.2 Å². The summed E-state index contributed by atoms with van der Waals surface area (Å²) in [6.07, 6.45) is 9.39. The highest BCUT2D eigenvalue weighted by molar-refractivity contribution is 4.89. The fourth-order valence-corrected chi connectivity index (χ4v) is 3.73. The van der Waals surface area contributed by atoms with E-state index in [1.807, 2.05) is 0 Å². The Kier molecular flexibility index (Phi) is 5.26. The Morgan fingerprint density at radius 2 is 1.94 bits per heavy atom. The Morgan fingerprint density at radius 1 is 1.18 bits per heavy atom. The third kappa shape index (κ3) is 3.67. The number of aliphatic hydroxyl groups is 1. The zero-order chi connectivity index (χ0) is 12.1. The monoisotopic (exact) mass is 241 g/mol. The topological polar surface area (TPSA) is 41.5 Å². The fraction of sp³-hybridized carbons (Fsp3) is 1.00. The molecule has 0 amide bonds. The third-order valence-corrected chi connectivity index (χ3v) is 4.55. The summed E-state index contributed by atoms with van der Waals surface area (Å²) >= 11 is 0. The summed E-state index contributed by atoms with van der Waals surface area (Å²) in [7, 11) is 1.64. The summed E-state index contributed by atoms with van der Waals surface area (Å²) in [6.45, 7) is 1.12. The fourth-order valence-electron chi connectivity index (χ4n) is 3.73. The molecular weight excluding hydrogens is 214 g/mol. The average Bonchev–Trinajstić information content (AvgIpc) is 2.36. The highest BCUT2D eigenvalue weighted by atomic mass is 16.5. The van der Waals surface area contributed by atoms with E-state index >= 15 is 0 Å². The van der Waals surface area contributed by atoms with Crippen LogP contribution in [-0.4, -0.2) is 37.5 Å². The van der Waals surface area contributed by atoms with Crippen LogP contribution in [-0.2, 0) is 4.74 Å². The van der Waals surface area contributed by atoms with E-state index in [4.69, 9.17) is 4.74 Å². The van der Waals surface area contributed by atoms with Crippen LogP contribution < -0.4 is 5.32 Å². The molecule has 17 heavy (non-hydrogen) atoms. The van der Waals surface area contributed by atoms with Gasteiger partial charge in [-0.2, -0.15) is 0 Å². The third-order valence-electron chi connectivity index (χ3n) is 4.55. The van der Waals surface area contributed by atoms with Gasteiger partial charge < -0.3 is 15.2 Å². The van der Waals surface area contributed by atoms with Gasteiger partial charge in [-0.05, 0) is 24.7 Å². The lowest BCUT2D eigenvalue weighted by atomic mass is 9.68. The maximum Gasteiger partial charge on any atom is 0.0897 e. The van der Waals surface area contributed by atoms with Gasteiger partial charge in [0.1, 0.15) is 0 Å². The van der Waals surface area contributed by atoms with Crippen molar-refractivity contribution in [2.45, 2.75) is 57.1 Å². The molecule has 0 saturated heterocycles. The van der Waals surface area contributed by atoms with E-state index in [-0.39, 0.29) is 6.10 Å². The molecular formula is C14H27NO2. The number of nitrogens with one attached hydrogen (secondary N) is 1. The Morgan fingerprint density at radius 3 is 2.76 bits per heavy atom. The molecule has 0 heterocycles. The van der Waals surface area contributed by atoms with E-state index in [0.717, 1.165) is 11.8 Å². The van der Waals surface area contributed by atoms with Crippen molar-refractivity contribution in [3.63, 3.8) is 0 Å². The maximum absolute atomic E-state index is 9.69. The van der Waals surface area contributed by atoms with E-state index in [1.54, 1.807) is 7.11 Å². The molecule has 2 N–H and O–H groups in total. The molecule has 100 valence electrons. The summed E-state index contributed by atoms with van der Waals surface area (Å²) in [5.41, 5.74) is 0. The Labute approximate surface area is 105 Å². The summed E-state index contributed by atoms with van der Waals surface area (Å²) in [5, 5.41) is 13.3. The lowest BCUT2D eigenvalue weighted by Crippen LogP contribution is -2.46.